The highest BCUT2D eigenvalue weighted by molar-refractivity contribution is 6.38. The first kappa shape index (κ1) is 28.1. The van der Waals surface area contributed by atoms with E-state index in [2.05, 4.69) is 16.0 Å². The number of alkyl carbamates (subject to hydrolysis) is 1. The number of nitrogens with one attached hydrogen (secondary N) is 3. The fourth-order valence-corrected chi connectivity index (χ4v) is 2.88. The number of Topliss-reactive ketones (excluding diaryl/α,β-unsaturated/α-hetero) is 1. The van der Waals surface area contributed by atoms with Crippen molar-refractivity contribution in [3.05, 3.63) is 35.9 Å². The van der Waals surface area contributed by atoms with Gasteiger partial charge in [-0.1, -0.05) is 51.1 Å². The van der Waals surface area contributed by atoms with E-state index in [1.807, 2.05) is 44.2 Å². The Bertz CT molecular complexity index is 756. The van der Waals surface area contributed by atoms with E-state index in [0.29, 0.717) is 6.42 Å². The van der Waals surface area contributed by atoms with E-state index < -0.39 is 35.8 Å². The summed E-state index contributed by atoms with van der Waals surface area (Å²) in [5.41, 5.74) is 0.807. The first-order valence-electron chi connectivity index (χ1n) is 11.1. The molecule has 0 saturated carbocycles. The Hall–Kier alpha value is -2.98. The minimum absolute atomic E-state index is 0.0565. The van der Waals surface area contributed by atoms with Gasteiger partial charge < -0.3 is 30.5 Å². The van der Waals surface area contributed by atoms with Crippen molar-refractivity contribution in [2.24, 2.45) is 5.92 Å². The van der Waals surface area contributed by atoms with Crippen LogP contribution in [-0.2, 0) is 30.5 Å². The summed E-state index contributed by atoms with van der Waals surface area (Å²) < 4.78 is 10.2. The zero-order valence-electron chi connectivity index (χ0n) is 19.5. The van der Waals surface area contributed by atoms with Gasteiger partial charge >= 0.3 is 6.09 Å². The third kappa shape index (κ3) is 11.4. The molecule has 0 saturated heterocycles. The number of ketones is 1. The molecule has 0 fully saturated rings. The van der Waals surface area contributed by atoms with Crippen LogP contribution in [0.15, 0.2) is 30.3 Å². The number of hydrogen-bond donors (Lipinski definition) is 4. The van der Waals surface area contributed by atoms with E-state index in [-0.39, 0.29) is 45.3 Å². The van der Waals surface area contributed by atoms with Crippen LogP contribution in [0.5, 0.6) is 0 Å². The van der Waals surface area contributed by atoms with Crippen molar-refractivity contribution in [3.63, 3.8) is 0 Å². The predicted molar refractivity (Wildman–Crippen MR) is 121 cm³/mol. The van der Waals surface area contributed by atoms with Crippen LogP contribution in [0.3, 0.4) is 0 Å². The van der Waals surface area contributed by atoms with Crippen LogP contribution in [0.2, 0.25) is 0 Å². The first-order chi connectivity index (χ1) is 15.8. The van der Waals surface area contributed by atoms with Crippen LogP contribution < -0.4 is 16.0 Å². The van der Waals surface area contributed by atoms with Gasteiger partial charge in [0.05, 0.1) is 25.9 Å². The molecule has 10 nitrogen and oxygen atoms in total. The number of carbonyl (C=O) groups excluding carboxylic acids is 4. The summed E-state index contributed by atoms with van der Waals surface area (Å²) in [7, 11) is 0. The standard InChI is InChI=1S/C23H35N3O7/c1-4-18(20(28)22(30)24-10-12-32-13-11-27)25-21(29)19(14-16(2)3)26-23(31)33-15-17-8-6-5-7-9-17/h5-9,16,18-19,27H,4,10-15H2,1-3H3,(H,24,30)(H,25,29)(H,26,31)/t18-,19-/m0/s1. The molecule has 0 aliphatic heterocycles. The zero-order valence-corrected chi connectivity index (χ0v) is 19.5. The van der Waals surface area contributed by atoms with Crippen LogP contribution in [0, 0.1) is 5.92 Å². The largest absolute Gasteiger partial charge is 0.445 e. The summed E-state index contributed by atoms with van der Waals surface area (Å²) in [6, 6.07) is 7.17. The molecule has 1 aromatic carbocycles. The third-order valence-corrected chi connectivity index (χ3v) is 4.56. The van der Waals surface area contributed by atoms with Gasteiger partial charge in [-0.15, -0.1) is 0 Å². The SMILES string of the molecule is CC[C@H](NC(=O)[C@H](CC(C)C)NC(=O)OCc1ccccc1)C(=O)C(=O)NCCOCCO. The van der Waals surface area contributed by atoms with Crippen LogP contribution in [0.25, 0.3) is 0 Å². The molecule has 0 spiro atoms. The molecular weight excluding hydrogens is 430 g/mol. The lowest BCUT2D eigenvalue weighted by atomic mass is 10.0. The van der Waals surface area contributed by atoms with E-state index in [1.54, 1.807) is 6.92 Å². The van der Waals surface area contributed by atoms with Crippen molar-refractivity contribution in [2.75, 3.05) is 26.4 Å². The second-order valence-electron chi connectivity index (χ2n) is 7.81. The van der Waals surface area contributed by atoms with E-state index >= 15 is 0 Å². The van der Waals surface area contributed by atoms with Crippen LogP contribution in [-0.4, -0.2) is 67.2 Å². The Morgan fingerprint density at radius 3 is 2.30 bits per heavy atom. The first-order valence-corrected chi connectivity index (χ1v) is 11.1. The van der Waals surface area contributed by atoms with Crippen molar-refractivity contribution in [3.8, 4) is 0 Å². The van der Waals surface area contributed by atoms with Gasteiger partial charge in [0.1, 0.15) is 12.6 Å². The maximum atomic E-state index is 12.8. The smallest absolute Gasteiger partial charge is 0.408 e. The molecule has 0 unspecified atom stereocenters. The van der Waals surface area contributed by atoms with Gasteiger partial charge in [0.15, 0.2) is 0 Å². The number of amides is 3. The maximum Gasteiger partial charge on any atom is 0.408 e. The minimum atomic E-state index is -1.03. The molecule has 184 valence electrons. The molecule has 33 heavy (non-hydrogen) atoms. The topological polar surface area (TPSA) is 143 Å². The van der Waals surface area contributed by atoms with E-state index in [1.165, 1.54) is 0 Å². The lowest BCUT2D eigenvalue weighted by Crippen LogP contribution is -2.54. The quantitative estimate of drug-likeness (QED) is 0.223. The average molecular weight is 466 g/mol. The molecule has 0 heterocycles. The molecule has 1 rings (SSSR count). The van der Waals surface area contributed by atoms with Crippen molar-refractivity contribution in [1.82, 2.24) is 16.0 Å². The third-order valence-electron chi connectivity index (χ3n) is 4.56. The molecule has 2 atom stereocenters. The van der Waals surface area contributed by atoms with E-state index in [0.717, 1.165) is 5.56 Å². The molecule has 0 aromatic heterocycles. The molecule has 0 radical (unpaired) electrons. The summed E-state index contributed by atoms with van der Waals surface area (Å²) in [6.45, 7) is 5.75. The Labute approximate surface area is 194 Å². The lowest BCUT2D eigenvalue weighted by Gasteiger charge is -2.23. The Balaban J connectivity index is 2.63. The van der Waals surface area contributed by atoms with Crippen LogP contribution >= 0.6 is 0 Å². The Morgan fingerprint density at radius 1 is 1.00 bits per heavy atom. The molecule has 0 aliphatic rings. The second kappa shape index (κ2) is 15.8. The predicted octanol–water partition coefficient (Wildman–Crippen LogP) is 0.917. The van der Waals surface area contributed by atoms with Gasteiger partial charge in [0, 0.05) is 6.54 Å². The van der Waals surface area contributed by atoms with E-state index in [9.17, 15) is 19.2 Å². The number of ether oxygens (including phenoxy) is 2. The second-order valence-corrected chi connectivity index (χ2v) is 7.81. The summed E-state index contributed by atoms with van der Waals surface area (Å²) in [6.07, 6.45) is -0.225. The highest BCUT2D eigenvalue weighted by atomic mass is 16.5. The molecular formula is C23H35N3O7. The van der Waals surface area contributed by atoms with Crippen molar-refractivity contribution in [2.45, 2.75) is 52.3 Å². The molecule has 0 bridgehead atoms. The van der Waals surface area contributed by atoms with Crippen molar-refractivity contribution < 1.29 is 33.8 Å². The zero-order chi connectivity index (χ0) is 24.6. The fourth-order valence-electron chi connectivity index (χ4n) is 2.88. The number of rotatable bonds is 15. The number of carbonyl (C=O) groups is 4. The summed E-state index contributed by atoms with van der Waals surface area (Å²) in [4.78, 5) is 49.6. The summed E-state index contributed by atoms with van der Waals surface area (Å²) in [5.74, 6) is -2.12. The van der Waals surface area contributed by atoms with Crippen molar-refractivity contribution in [1.29, 1.82) is 0 Å². The normalized spacial score (nSPS) is 12.5. The minimum Gasteiger partial charge on any atom is -0.445 e. The number of aliphatic hydroxyl groups excluding tert-OH is 1. The van der Waals surface area contributed by atoms with Gasteiger partial charge in [0.25, 0.3) is 5.91 Å². The van der Waals surface area contributed by atoms with Crippen LogP contribution in [0.1, 0.15) is 39.2 Å². The number of benzene rings is 1. The fraction of sp³-hybridized carbons (Fsp3) is 0.565. The monoisotopic (exact) mass is 465 g/mol. The van der Waals surface area contributed by atoms with Gasteiger partial charge in [0.2, 0.25) is 11.7 Å². The van der Waals surface area contributed by atoms with Gasteiger partial charge in [-0.05, 0) is 24.3 Å². The highest BCUT2D eigenvalue weighted by Gasteiger charge is 2.29. The molecule has 3 amide bonds. The summed E-state index contributed by atoms with van der Waals surface area (Å²) >= 11 is 0. The Kier molecular flexibility index (Phi) is 13.4. The summed E-state index contributed by atoms with van der Waals surface area (Å²) in [5, 5.41) is 16.2. The van der Waals surface area contributed by atoms with E-state index in [4.69, 9.17) is 14.6 Å². The van der Waals surface area contributed by atoms with Gasteiger partial charge in [-0.25, -0.2) is 4.79 Å². The van der Waals surface area contributed by atoms with Gasteiger partial charge in [-0.3, -0.25) is 14.4 Å². The molecule has 4 N–H and O–H groups in total. The number of aliphatic hydroxyl groups is 1. The number of hydrogen-bond acceptors (Lipinski definition) is 7. The lowest BCUT2D eigenvalue weighted by molar-refractivity contribution is -0.140. The van der Waals surface area contributed by atoms with Gasteiger partial charge in [-0.2, -0.15) is 0 Å². The van der Waals surface area contributed by atoms with Crippen LogP contribution in [0.4, 0.5) is 4.79 Å². The molecule has 1 aromatic rings. The highest BCUT2D eigenvalue weighted by Crippen LogP contribution is 2.08. The maximum absolute atomic E-state index is 12.8. The molecule has 0 aliphatic carbocycles. The average Bonchev–Trinajstić information content (AvgIpc) is 2.80. The van der Waals surface area contributed by atoms with Crippen molar-refractivity contribution >= 4 is 23.7 Å². The Morgan fingerprint density at radius 2 is 1.70 bits per heavy atom. The molecule has 10 heteroatoms.